The van der Waals surface area contributed by atoms with Crippen molar-refractivity contribution in [1.29, 1.82) is 0 Å². The molecule has 7 nitrogen and oxygen atoms in total. The van der Waals surface area contributed by atoms with E-state index in [2.05, 4.69) is 54.4 Å². The van der Waals surface area contributed by atoms with Gasteiger partial charge in [-0.1, -0.05) is 23.8 Å². The monoisotopic (exact) mass is 495 g/mol. The van der Waals surface area contributed by atoms with Crippen molar-refractivity contribution < 1.29 is 19.0 Å². The summed E-state index contributed by atoms with van der Waals surface area (Å²) >= 11 is 0. The fraction of sp³-hybridized carbons (Fsp3) is 0.552. The summed E-state index contributed by atoms with van der Waals surface area (Å²) in [6.45, 7) is 12.5. The lowest BCUT2D eigenvalue weighted by atomic mass is 9.77. The minimum atomic E-state index is -0.527. The Hall–Kier alpha value is -2.77. The molecule has 196 valence electrons. The highest BCUT2D eigenvalue weighted by Gasteiger charge is 2.39. The van der Waals surface area contributed by atoms with Crippen LogP contribution in [0.2, 0.25) is 0 Å². The third-order valence-corrected chi connectivity index (χ3v) is 7.20. The van der Waals surface area contributed by atoms with Crippen LogP contribution in [0.15, 0.2) is 30.3 Å². The van der Waals surface area contributed by atoms with Crippen LogP contribution < -0.4 is 20.5 Å². The second-order valence-electron chi connectivity index (χ2n) is 11.1. The number of carbonyl (C=O) groups excluding carboxylic acids is 1. The number of alkyl carbamates (subject to hydrolysis) is 1. The molecule has 0 aliphatic carbocycles. The molecule has 0 radical (unpaired) electrons. The van der Waals surface area contributed by atoms with Crippen LogP contribution in [0.5, 0.6) is 11.5 Å². The summed E-state index contributed by atoms with van der Waals surface area (Å²) in [5.41, 5.74) is 12.8. The molecule has 1 fully saturated rings. The van der Waals surface area contributed by atoms with Crippen molar-refractivity contribution in [3.63, 3.8) is 0 Å². The van der Waals surface area contributed by atoms with Crippen LogP contribution in [-0.2, 0) is 11.2 Å². The number of benzene rings is 2. The zero-order valence-corrected chi connectivity index (χ0v) is 22.5. The van der Waals surface area contributed by atoms with E-state index in [1.54, 1.807) is 7.11 Å². The first-order valence-electron chi connectivity index (χ1n) is 12.9. The molecule has 0 aromatic heterocycles. The summed E-state index contributed by atoms with van der Waals surface area (Å²) in [6, 6.07) is 11.3. The number of nitrogens with two attached hydrogens (primary N) is 1. The second kappa shape index (κ2) is 10.7. The Kier molecular flexibility index (Phi) is 7.81. The van der Waals surface area contributed by atoms with E-state index < -0.39 is 11.7 Å². The fourth-order valence-corrected chi connectivity index (χ4v) is 5.45. The molecule has 0 spiro atoms. The zero-order valence-electron chi connectivity index (χ0n) is 22.5. The number of aryl methyl sites for hydroxylation is 2. The van der Waals surface area contributed by atoms with Gasteiger partial charge in [0.1, 0.15) is 12.2 Å². The van der Waals surface area contributed by atoms with Gasteiger partial charge in [0.2, 0.25) is 0 Å². The van der Waals surface area contributed by atoms with Gasteiger partial charge in [-0.25, -0.2) is 4.79 Å². The van der Waals surface area contributed by atoms with E-state index in [-0.39, 0.29) is 12.1 Å². The Bertz CT molecular complexity index is 1090. The van der Waals surface area contributed by atoms with Gasteiger partial charge >= 0.3 is 6.09 Å². The Morgan fingerprint density at radius 3 is 2.64 bits per heavy atom. The second-order valence-corrected chi connectivity index (χ2v) is 11.1. The largest absolute Gasteiger partial charge is 0.493 e. The molecule has 0 bridgehead atoms. The first-order valence-corrected chi connectivity index (χ1v) is 12.9. The lowest BCUT2D eigenvalue weighted by Crippen LogP contribution is -2.49. The number of hydrogen-bond donors (Lipinski definition) is 2. The Morgan fingerprint density at radius 2 is 1.92 bits per heavy atom. The van der Waals surface area contributed by atoms with Crippen LogP contribution in [0, 0.1) is 13.8 Å². The Balaban J connectivity index is 1.44. The topological polar surface area (TPSA) is 86.1 Å². The molecular formula is C29H41N3O4. The van der Waals surface area contributed by atoms with Gasteiger partial charge in [-0.05, 0) is 81.8 Å². The van der Waals surface area contributed by atoms with Crippen molar-refractivity contribution in [3.05, 3.63) is 58.1 Å². The zero-order chi connectivity index (χ0) is 26.0. The average Bonchev–Trinajstić information content (AvgIpc) is 2.81. The number of ether oxygens (including phenoxy) is 3. The number of nitrogens with zero attached hydrogens (tertiary/aromatic N) is 1. The number of amides is 1. The average molecular weight is 496 g/mol. The predicted octanol–water partition coefficient (Wildman–Crippen LogP) is 4.63. The summed E-state index contributed by atoms with van der Waals surface area (Å²) in [7, 11) is 1.66. The smallest absolute Gasteiger partial charge is 0.407 e. The molecule has 3 N–H and O–H groups in total. The fourth-order valence-electron chi connectivity index (χ4n) is 5.45. The van der Waals surface area contributed by atoms with Crippen molar-refractivity contribution in [2.75, 3.05) is 33.4 Å². The number of carbonyl (C=O) groups is 1. The maximum Gasteiger partial charge on any atom is 0.407 e. The molecule has 2 heterocycles. The molecule has 2 aliphatic heterocycles. The first kappa shape index (κ1) is 26.3. The molecule has 1 amide bonds. The summed E-state index contributed by atoms with van der Waals surface area (Å²) < 4.78 is 17.0. The van der Waals surface area contributed by atoms with Gasteiger partial charge < -0.3 is 25.3 Å². The summed E-state index contributed by atoms with van der Waals surface area (Å²) in [5, 5.41) is 2.73. The first-order chi connectivity index (χ1) is 17.1. The van der Waals surface area contributed by atoms with Crippen molar-refractivity contribution in [2.24, 2.45) is 5.73 Å². The lowest BCUT2D eigenvalue weighted by Gasteiger charge is -2.46. The van der Waals surface area contributed by atoms with Gasteiger partial charge in [-0.2, -0.15) is 0 Å². The van der Waals surface area contributed by atoms with Gasteiger partial charge in [0.05, 0.1) is 13.7 Å². The summed E-state index contributed by atoms with van der Waals surface area (Å²) in [4.78, 5) is 14.5. The highest BCUT2D eigenvalue weighted by Crippen LogP contribution is 2.44. The maximum absolute atomic E-state index is 11.9. The van der Waals surface area contributed by atoms with E-state index in [4.69, 9.17) is 19.9 Å². The summed E-state index contributed by atoms with van der Waals surface area (Å²) in [5.74, 6) is 1.74. The van der Waals surface area contributed by atoms with E-state index in [0.717, 1.165) is 25.9 Å². The molecule has 0 unspecified atom stereocenters. The molecule has 2 aliphatic rings. The number of hydrogen-bond acceptors (Lipinski definition) is 6. The molecule has 1 saturated heterocycles. The Morgan fingerprint density at radius 1 is 1.14 bits per heavy atom. The SMILES string of the molecule is COc1cc2c(cc1OCCNC(=O)OC(C)(C)C)CCN1C[C@@H](c3cc(C)ccc3C)[C@H](N)C[C@H]21. The number of piperidine rings is 1. The van der Waals surface area contributed by atoms with Gasteiger partial charge in [0, 0.05) is 31.1 Å². The van der Waals surface area contributed by atoms with Crippen LogP contribution in [0.3, 0.4) is 0 Å². The number of rotatable bonds is 6. The molecule has 2 aromatic rings. The highest BCUT2D eigenvalue weighted by atomic mass is 16.6. The van der Waals surface area contributed by atoms with E-state index >= 15 is 0 Å². The van der Waals surface area contributed by atoms with E-state index in [9.17, 15) is 4.79 Å². The summed E-state index contributed by atoms with van der Waals surface area (Å²) in [6.07, 6.45) is 1.42. The molecule has 3 atom stereocenters. The third-order valence-electron chi connectivity index (χ3n) is 7.20. The maximum atomic E-state index is 11.9. The molecule has 7 heteroatoms. The van der Waals surface area contributed by atoms with Crippen molar-refractivity contribution in [3.8, 4) is 11.5 Å². The van der Waals surface area contributed by atoms with Crippen molar-refractivity contribution in [2.45, 2.75) is 71.1 Å². The molecule has 2 aromatic carbocycles. The quantitative estimate of drug-likeness (QED) is 0.569. The van der Waals surface area contributed by atoms with Gasteiger partial charge in [-0.15, -0.1) is 0 Å². The molecule has 36 heavy (non-hydrogen) atoms. The molecule has 0 saturated carbocycles. The van der Waals surface area contributed by atoms with Crippen LogP contribution in [-0.4, -0.2) is 56.0 Å². The third kappa shape index (κ3) is 5.95. The predicted molar refractivity (Wildman–Crippen MR) is 142 cm³/mol. The van der Waals surface area contributed by atoms with Crippen LogP contribution >= 0.6 is 0 Å². The minimum absolute atomic E-state index is 0.0959. The van der Waals surface area contributed by atoms with E-state index in [1.165, 1.54) is 27.8 Å². The highest BCUT2D eigenvalue weighted by molar-refractivity contribution is 5.67. The van der Waals surface area contributed by atoms with Gasteiger partial charge in [0.15, 0.2) is 11.5 Å². The Labute approximate surface area is 215 Å². The van der Waals surface area contributed by atoms with E-state index in [0.29, 0.717) is 30.6 Å². The van der Waals surface area contributed by atoms with Crippen molar-refractivity contribution >= 4 is 6.09 Å². The minimum Gasteiger partial charge on any atom is -0.493 e. The van der Waals surface area contributed by atoms with Crippen LogP contribution in [0.4, 0.5) is 4.79 Å². The number of methoxy groups -OCH3 is 1. The van der Waals surface area contributed by atoms with Gasteiger partial charge in [-0.3, -0.25) is 4.90 Å². The van der Waals surface area contributed by atoms with Crippen molar-refractivity contribution in [1.82, 2.24) is 10.2 Å². The number of nitrogens with one attached hydrogen (secondary N) is 1. The lowest BCUT2D eigenvalue weighted by molar-refractivity contribution is 0.0520. The molecular weight excluding hydrogens is 454 g/mol. The normalized spacial score (nSPS) is 21.8. The van der Waals surface area contributed by atoms with E-state index in [1.807, 2.05) is 20.8 Å². The standard InChI is InChI=1S/C29H41N3O4/c1-18-7-8-19(2)21(13-18)23-17-32-11-9-20-14-27(35-12-10-31-28(33)36-29(3,4)5)26(34-6)15-22(20)25(32)16-24(23)30/h7-8,13-15,23-25H,9-12,16-17,30H2,1-6H3,(H,31,33)/t23-,24+,25+/m0/s1. The van der Waals surface area contributed by atoms with Gasteiger partial charge in [0.25, 0.3) is 0 Å². The molecule has 4 rings (SSSR count). The van der Waals surface area contributed by atoms with Crippen LogP contribution in [0.1, 0.15) is 67.0 Å². The number of fused-ring (bicyclic) bond motifs is 3. The van der Waals surface area contributed by atoms with Crippen LogP contribution in [0.25, 0.3) is 0 Å².